The molecule has 0 aliphatic heterocycles. The van der Waals surface area contributed by atoms with E-state index < -0.39 is 5.82 Å². The number of H-pyrrole nitrogens is 1. The first kappa shape index (κ1) is 10.3. The lowest BCUT2D eigenvalue weighted by molar-refractivity contribution is 0.0950. The number of nitrogens with zero attached hydrogens (tertiary/aromatic N) is 2. The maximum Gasteiger partial charge on any atom is 0.253 e. The van der Waals surface area contributed by atoms with E-state index in [1.165, 1.54) is 6.20 Å². The average Bonchev–Trinajstić information content (AvgIpc) is 2.78. The second kappa shape index (κ2) is 4.52. The molecule has 0 fully saturated rings. The molecule has 5 nitrogen and oxygen atoms in total. The van der Waals surface area contributed by atoms with Gasteiger partial charge in [0.2, 0.25) is 0 Å². The predicted molar refractivity (Wildman–Crippen MR) is 54.0 cm³/mol. The van der Waals surface area contributed by atoms with Crippen molar-refractivity contribution in [3.05, 3.63) is 47.8 Å². The summed E-state index contributed by atoms with van der Waals surface area (Å²) in [6.07, 6.45) is 5.63. The second-order valence-electron chi connectivity index (χ2n) is 3.18. The molecule has 0 unspecified atom stereocenters. The van der Waals surface area contributed by atoms with Crippen molar-refractivity contribution in [1.82, 2.24) is 20.5 Å². The second-order valence-corrected chi connectivity index (χ2v) is 3.18. The van der Waals surface area contributed by atoms with Gasteiger partial charge in [0.15, 0.2) is 0 Å². The highest BCUT2D eigenvalue weighted by atomic mass is 19.1. The lowest BCUT2D eigenvalue weighted by Gasteiger charge is -2.02. The van der Waals surface area contributed by atoms with Gasteiger partial charge in [0.05, 0.1) is 18.0 Å². The van der Waals surface area contributed by atoms with Crippen molar-refractivity contribution in [3.63, 3.8) is 0 Å². The normalized spacial score (nSPS) is 10.1. The van der Waals surface area contributed by atoms with Crippen LogP contribution in [0.15, 0.2) is 30.9 Å². The quantitative estimate of drug-likeness (QED) is 0.806. The molecule has 1 amide bonds. The lowest BCUT2D eigenvalue weighted by atomic mass is 10.2. The molecule has 0 bridgehead atoms. The van der Waals surface area contributed by atoms with E-state index >= 15 is 0 Å². The fourth-order valence-corrected chi connectivity index (χ4v) is 1.19. The molecule has 2 aromatic heterocycles. The molecule has 0 saturated heterocycles. The van der Waals surface area contributed by atoms with Gasteiger partial charge in [0.1, 0.15) is 5.82 Å². The van der Waals surface area contributed by atoms with Crippen LogP contribution < -0.4 is 5.32 Å². The zero-order valence-electron chi connectivity index (χ0n) is 8.27. The minimum absolute atomic E-state index is 0.198. The van der Waals surface area contributed by atoms with E-state index in [9.17, 15) is 9.18 Å². The SMILES string of the molecule is O=C(NCc1cn[nH]c1)c1cncc(F)c1. The zero-order valence-corrected chi connectivity index (χ0v) is 8.27. The molecular weight excluding hydrogens is 211 g/mol. The Hall–Kier alpha value is -2.24. The maximum absolute atomic E-state index is 12.8. The summed E-state index contributed by atoms with van der Waals surface area (Å²) in [5.74, 6) is -0.899. The van der Waals surface area contributed by atoms with Crippen LogP contribution in [0.3, 0.4) is 0 Å². The van der Waals surface area contributed by atoms with E-state index in [1.54, 1.807) is 12.4 Å². The number of aromatic amines is 1. The van der Waals surface area contributed by atoms with Gasteiger partial charge < -0.3 is 5.32 Å². The summed E-state index contributed by atoms with van der Waals surface area (Å²) in [5, 5.41) is 8.99. The first-order valence-corrected chi connectivity index (χ1v) is 4.62. The molecular formula is C10H9FN4O. The molecule has 0 atom stereocenters. The monoisotopic (exact) mass is 220 g/mol. The van der Waals surface area contributed by atoms with Gasteiger partial charge in [-0.25, -0.2) is 4.39 Å². The molecule has 2 rings (SSSR count). The number of aromatic nitrogens is 3. The summed E-state index contributed by atoms with van der Waals surface area (Å²) >= 11 is 0. The number of carbonyl (C=O) groups is 1. The molecule has 2 aromatic rings. The number of nitrogens with one attached hydrogen (secondary N) is 2. The number of hydrogen-bond donors (Lipinski definition) is 2. The third-order valence-corrected chi connectivity index (χ3v) is 1.97. The summed E-state index contributed by atoms with van der Waals surface area (Å²) in [5.41, 5.74) is 1.04. The summed E-state index contributed by atoms with van der Waals surface area (Å²) in [6.45, 7) is 0.339. The van der Waals surface area contributed by atoms with Gasteiger partial charge >= 0.3 is 0 Å². The first-order chi connectivity index (χ1) is 7.75. The van der Waals surface area contributed by atoms with Crippen LogP contribution in [0, 0.1) is 5.82 Å². The van der Waals surface area contributed by atoms with Crippen LogP contribution >= 0.6 is 0 Å². The van der Waals surface area contributed by atoms with Gasteiger partial charge in [0.25, 0.3) is 5.91 Å². The van der Waals surface area contributed by atoms with Crippen LogP contribution in [-0.4, -0.2) is 21.1 Å². The minimum atomic E-state index is -0.532. The Morgan fingerprint density at radius 3 is 3.00 bits per heavy atom. The Morgan fingerprint density at radius 1 is 1.44 bits per heavy atom. The van der Waals surface area contributed by atoms with E-state index in [0.29, 0.717) is 6.54 Å². The van der Waals surface area contributed by atoms with Gasteiger partial charge in [-0.1, -0.05) is 0 Å². The van der Waals surface area contributed by atoms with Crippen molar-refractivity contribution in [3.8, 4) is 0 Å². The topological polar surface area (TPSA) is 70.7 Å². The van der Waals surface area contributed by atoms with E-state index in [1.807, 2.05) is 0 Å². The highest BCUT2D eigenvalue weighted by Crippen LogP contribution is 2.01. The summed E-state index contributed by atoms with van der Waals surface area (Å²) < 4.78 is 12.8. The molecule has 0 aliphatic carbocycles. The third-order valence-electron chi connectivity index (χ3n) is 1.97. The van der Waals surface area contributed by atoms with E-state index in [2.05, 4.69) is 20.5 Å². The summed E-state index contributed by atoms with van der Waals surface area (Å²) in [4.78, 5) is 15.1. The van der Waals surface area contributed by atoms with Crippen molar-refractivity contribution in [1.29, 1.82) is 0 Å². The largest absolute Gasteiger partial charge is 0.348 e. The molecule has 0 aromatic carbocycles. The average molecular weight is 220 g/mol. The Balaban J connectivity index is 1.98. The van der Waals surface area contributed by atoms with Gasteiger partial charge in [-0.15, -0.1) is 0 Å². The maximum atomic E-state index is 12.8. The molecule has 0 saturated carbocycles. The van der Waals surface area contributed by atoms with Crippen LogP contribution in [0.25, 0.3) is 0 Å². The van der Waals surface area contributed by atoms with Crippen LogP contribution in [0.5, 0.6) is 0 Å². The van der Waals surface area contributed by atoms with Crippen molar-refractivity contribution < 1.29 is 9.18 Å². The highest BCUT2D eigenvalue weighted by Gasteiger charge is 2.06. The van der Waals surface area contributed by atoms with E-state index in [4.69, 9.17) is 0 Å². The number of pyridine rings is 1. The number of hydrogen-bond acceptors (Lipinski definition) is 3. The van der Waals surface area contributed by atoms with Gasteiger partial charge in [-0.05, 0) is 6.07 Å². The summed E-state index contributed by atoms with van der Waals surface area (Å²) in [7, 11) is 0. The standard InChI is InChI=1S/C10H9FN4O/c11-9-1-8(5-12-6-9)10(16)13-2-7-3-14-15-4-7/h1,3-6H,2H2,(H,13,16)(H,14,15). The van der Waals surface area contributed by atoms with Gasteiger partial charge in [-0.3, -0.25) is 14.9 Å². The third kappa shape index (κ3) is 2.41. The van der Waals surface area contributed by atoms with Crippen molar-refractivity contribution >= 4 is 5.91 Å². The first-order valence-electron chi connectivity index (χ1n) is 4.62. The van der Waals surface area contributed by atoms with E-state index in [-0.39, 0.29) is 11.5 Å². The van der Waals surface area contributed by atoms with Crippen LogP contribution in [-0.2, 0) is 6.54 Å². The Kier molecular flexibility index (Phi) is 2.90. The number of halogens is 1. The summed E-state index contributed by atoms with van der Waals surface area (Å²) in [6, 6.07) is 1.14. The fraction of sp³-hybridized carbons (Fsp3) is 0.100. The van der Waals surface area contributed by atoms with Crippen molar-refractivity contribution in [2.45, 2.75) is 6.54 Å². The molecule has 0 aliphatic rings. The van der Waals surface area contributed by atoms with Crippen molar-refractivity contribution in [2.75, 3.05) is 0 Å². The van der Waals surface area contributed by atoms with Gasteiger partial charge in [-0.2, -0.15) is 5.10 Å². The van der Waals surface area contributed by atoms with Crippen molar-refractivity contribution in [2.24, 2.45) is 0 Å². The zero-order chi connectivity index (χ0) is 11.4. The van der Waals surface area contributed by atoms with Crippen LogP contribution in [0.2, 0.25) is 0 Å². The Bertz CT molecular complexity index is 483. The number of carbonyl (C=O) groups excluding carboxylic acids is 1. The Morgan fingerprint density at radius 2 is 2.31 bits per heavy atom. The highest BCUT2D eigenvalue weighted by molar-refractivity contribution is 5.93. The molecule has 16 heavy (non-hydrogen) atoms. The van der Waals surface area contributed by atoms with E-state index in [0.717, 1.165) is 17.8 Å². The van der Waals surface area contributed by atoms with Gasteiger partial charge in [0, 0.05) is 24.5 Å². The molecule has 0 spiro atoms. The molecule has 0 radical (unpaired) electrons. The molecule has 2 N–H and O–H groups in total. The lowest BCUT2D eigenvalue weighted by Crippen LogP contribution is -2.22. The van der Waals surface area contributed by atoms with Crippen LogP contribution in [0.4, 0.5) is 4.39 Å². The number of amides is 1. The minimum Gasteiger partial charge on any atom is -0.348 e. The Labute approximate surface area is 90.7 Å². The molecule has 82 valence electrons. The molecule has 2 heterocycles. The number of rotatable bonds is 3. The van der Waals surface area contributed by atoms with Crippen LogP contribution in [0.1, 0.15) is 15.9 Å². The molecule has 6 heteroatoms. The smallest absolute Gasteiger partial charge is 0.253 e. The predicted octanol–water partition coefficient (Wildman–Crippen LogP) is 0.874. The fourth-order valence-electron chi connectivity index (χ4n) is 1.19.